The van der Waals surface area contributed by atoms with E-state index in [0.29, 0.717) is 0 Å². The summed E-state index contributed by atoms with van der Waals surface area (Å²) < 4.78 is 6.39. The smallest absolute Gasteiger partial charge is 0.330 e. The first-order valence-corrected chi connectivity index (χ1v) is 11.4. The highest BCUT2D eigenvalue weighted by molar-refractivity contribution is 6.05. The van der Waals surface area contributed by atoms with Crippen LogP contribution in [0.4, 0.5) is 11.5 Å². The van der Waals surface area contributed by atoms with E-state index in [-0.39, 0.29) is 36.6 Å². The molecule has 1 aromatic heterocycles. The standard InChI is InChI=1S/C27H32N4O4/c1-27(2,3)21-13-10-19(11-14-21)12-15-22(32)30(16-17-35-4)23-24(28)31(26(34)29-25(23)33)18-20-8-6-5-7-9-20/h5-15H,16-18,28H2,1-4H3,(H,29,33,34). The summed E-state index contributed by atoms with van der Waals surface area (Å²) in [7, 11) is 1.50. The van der Waals surface area contributed by atoms with Crippen LogP contribution in [-0.2, 0) is 21.5 Å². The van der Waals surface area contributed by atoms with E-state index < -0.39 is 17.2 Å². The number of rotatable bonds is 8. The number of nitrogens with zero attached hydrogens (tertiary/aromatic N) is 2. The van der Waals surface area contributed by atoms with Crippen molar-refractivity contribution in [3.8, 4) is 0 Å². The Labute approximate surface area is 204 Å². The molecule has 0 unspecified atom stereocenters. The molecule has 3 N–H and O–H groups in total. The zero-order valence-electron chi connectivity index (χ0n) is 20.6. The third-order valence-electron chi connectivity index (χ3n) is 5.65. The molecule has 1 heterocycles. The Kier molecular flexibility index (Phi) is 8.09. The van der Waals surface area contributed by atoms with Gasteiger partial charge in [0, 0.05) is 19.7 Å². The summed E-state index contributed by atoms with van der Waals surface area (Å²) in [6.45, 7) is 6.81. The van der Waals surface area contributed by atoms with Crippen molar-refractivity contribution in [1.29, 1.82) is 0 Å². The second-order valence-corrected chi connectivity index (χ2v) is 9.25. The molecule has 8 heteroatoms. The van der Waals surface area contributed by atoms with E-state index in [1.165, 1.54) is 28.2 Å². The third-order valence-corrected chi connectivity index (χ3v) is 5.65. The average molecular weight is 477 g/mol. The first kappa shape index (κ1) is 25.7. The quantitative estimate of drug-likeness (QED) is 0.485. The molecule has 35 heavy (non-hydrogen) atoms. The first-order chi connectivity index (χ1) is 16.6. The fourth-order valence-electron chi connectivity index (χ4n) is 3.63. The molecule has 8 nitrogen and oxygen atoms in total. The van der Waals surface area contributed by atoms with Crippen LogP contribution >= 0.6 is 0 Å². The Morgan fingerprint density at radius 3 is 2.34 bits per heavy atom. The van der Waals surface area contributed by atoms with Crippen molar-refractivity contribution in [1.82, 2.24) is 9.55 Å². The van der Waals surface area contributed by atoms with Crippen LogP contribution in [0.25, 0.3) is 6.08 Å². The lowest BCUT2D eigenvalue weighted by Gasteiger charge is -2.23. The highest BCUT2D eigenvalue weighted by Gasteiger charge is 2.23. The number of nitrogens with one attached hydrogen (secondary N) is 1. The Hall–Kier alpha value is -3.91. The minimum Gasteiger partial charge on any atom is -0.383 e. The molecule has 0 spiro atoms. The molecule has 0 aliphatic heterocycles. The normalized spacial score (nSPS) is 11.7. The number of nitrogen functional groups attached to an aromatic ring is 1. The molecule has 3 rings (SSSR count). The number of nitrogens with two attached hydrogens (primary N) is 1. The van der Waals surface area contributed by atoms with Crippen LogP contribution in [0.5, 0.6) is 0 Å². The van der Waals surface area contributed by atoms with Gasteiger partial charge in [-0.1, -0.05) is 75.4 Å². The summed E-state index contributed by atoms with van der Waals surface area (Å²) in [5, 5.41) is 0. The van der Waals surface area contributed by atoms with Crippen LogP contribution in [0, 0.1) is 0 Å². The number of hydrogen-bond donors (Lipinski definition) is 2. The molecule has 184 valence electrons. The summed E-state index contributed by atoms with van der Waals surface area (Å²) in [5.74, 6) is -0.543. The SMILES string of the molecule is COCCN(C(=O)C=Cc1ccc(C(C)(C)C)cc1)c1c(N)n(Cc2ccccc2)c(=O)[nH]c1=O. The molecule has 2 aromatic carbocycles. The molecule has 0 saturated heterocycles. The molecule has 0 fully saturated rings. The Balaban J connectivity index is 1.95. The summed E-state index contributed by atoms with van der Waals surface area (Å²) in [4.78, 5) is 42.0. The number of aromatic amines is 1. The van der Waals surface area contributed by atoms with Gasteiger partial charge in [-0.05, 0) is 28.2 Å². The Morgan fingerprint density at radius 2 is 1.74 bits per heavy atom. The number of ether oxygens (including phenoxy) is 1. The fourth-order valence-corrected chi connectivity index (χ4v) is 3.63. The fraction of sp³-hybridized carbons (Fsp3) is 0.296. The summed E-state index contributed by atoms with van der Waals surface area (Å²) in [6, 6.07) is 17.2. The van der Waals surface area contributed by atoms with E-state index in [2.05, 4.69) is 25.8 Å². The zero-order valence-corrected chi connectivity index (χ0v) is 20.6. The highest BCUT2D eigenvalue weighted by Crippen LogP contribution is 2.23. The van der Waals surface area contributed by atoms with E-state index in [0.717, 1.165) is 11.1 Å². The van der Waals surface area contributed by atoms with Crippen LogP contribution in [0.1, 0.15) is 37.5 Å². The van der Waals surface area contributed by atoms with Gasteiger partial charge in [-0.25, -0.2) is 4.79 Å². The summed E-state index contributed by atoms with van der Waals surface area (Å²) in [6.07, 6.45) is 3.06. The van der Waals surface area contributed by atoms with Crippen LogP contribution in [0.15, 0.2) is 70.3 Å². The highest BCUT2D eigenvalue weighted by atomic mass is 16.5. The van der Waals surface area contributed by atoms with Gasteiger partial charge in [0.1, 0.15) is 5.82 Å². The number of hydrogen-bond acceptors (Lipinski definition) is 5. The molecule has 3 aromatic rings. The monoisotopic (exact) mass is 476 g/mol. The lowest BCUT2D eigenvalue weighted by Crippen LogP contribution is -2.42. The number of benzene rings is 2. The number of carbonyl (C=O) groups excluding carboxylic acids is 1. The molecule has 0 aliphatic carbocycles. The predicted octanol–water partition coefficient (Wildman–Crippen LogP) is 3.16. The number of carbonyl (C=O) groups is 1. The third kappa shape index (κ3) is 6.36. The van der Waals surface area contributed by atoms with E-state index in [9.17, 15) is 14.4 Å². The average Bonchev–Trinajstić information content (AvgIpc) is 2.82. The van der Waals surface area contributed by atoms with E-state index in [1.807, 2.05) is 54.6 Å². The van der Waals surface area contributed by atoms with Crippen molar-refractivity contribution in [2.24, 2.45) is 0 Å². The molecule has 0 atom stereocenters. The second-order valence-electron chi connectivity index (χ2n) is 9.25. The zero-order chi connectivity index (χ0) is 25.6. The number of aromatic nitrogens is 2. The predicted molar refractivity (Wildman–Crippen MR) is 140 cm³/mol. The maximum absolute atomic E-state index is 13.2. The van der Waals surface area contributed by atoms with Crippen molar-refractivity contribution in [3.63, 3.8) is 0 Å². The topological polar surface area (TPSA) is 110 Å². The van der Waals surface area contributed by atoms with Gasteiger partial charge in [-0.15, -0.1) is 0 Å². The Bertz CT molecular complexity index is 1300. The van der Waals surface area contributed by atoms with Gasteiger partial charge in [0.15, 0.2) is 5.69 Å². The largest absolute Gasteiger partial charge is 0.383 e. The van der Waals surface area contributed by atoms with Crippen molar-refractivity contribution in [3.05, 3.63) is 98.2 Å². The number of H-pyrrole nitrogens is 1. The minimum atomic E-state index is -0.732. The lowest BCUT2D eigenvalue weighted by molar-refractivity contribution is -0.114. The van der Waals surface area contributed by atoms with Crippen molar-refractivity contribution in [2.75, 3.05) is 30.9 Å². The lowest BCUT2D eigenvalue weighted by atomic mass is 9.87. The van der Waals surface area contributed by atoms with E-state index in [1.54, 1.807) is 6.08 Å². The molecule has 0 bridgehead atoms. The summed E-state index contributed by atoms with van der Waals surface area (Å²) >= 11 is 0. The number of anilines is 2. The van der Waals surface area contributed by atoms with Gasteiger partial charge in [0.25, 0.3) is 11.5 Å². The van der Waals surface area contributed by atoms with Gasteiger partial charge < -0.3 is 10.5 Å². The van der Waals surface area contributed by atoms with Crippen LogP contribution in [0.2, 0.25) is 0 Å². The van der Waals surface area contributed by atoms with Gasteiger partial charge >= 0.3 is 5.69 Å². The number of methoxy groups -OCH3 is 1. The van der Waals surface area contributed by atoms with Crippen molar-refractivity contribution in [2.45, 2.75) is 32.7 Å². The molecule has 0 saturated carbocycles. The maximum Gasteiger partial charge on any atom is 0.330 e. The first-order valence-electron chi connectivity index (χ1n) is 11.4. The van der Waals surface area contributed by atoms with E-state index >= 15 is 0 Å². The van der Waals surface area contributed by atoms with Gasteiger partial charge in [0.05, 0.1) is 13.2 Å². The summed E-state index contributed by atoms with van der Waals surface area (Å²) in [5.41, 5.74) is 7.70. The molecular formula is C27H32N4O4. The number of amides is 1. The minimum absolute atomic E-state index is 0.0242. The molecule has 1 amide bonds. The van der Waals surface area contributed by atoms with Crippen LogP contribution < -0.4 is 21.9 Å². The van der Waals surface area contributed by atoms with Gasteiger partial charge in [-0.3, -0.25) is 24.0 Å². The van der Waals surface area contributed by atoms with Crippen LogP contribution in [-0.4, -0.2) is 35.7 Å². The molecular weight excluding hydrogens is 444 g/mol. The molecule has 0 radical (unpaired) electrons. The second kappa shape index (κ2) is 11.0. The van der Waals surface area contributed by atoms with Crippen molar-refractivity contribution < 1.29 is 9.53 Å². The van der Waals surface area contributed by atoms with Gasteiger partial charge in [-0.2, -0.15) is 0 Å². The Morgan fingerprint density at radius 1 is 1.09 bits per heavy atom. The maximum atomic E-state index is 13.2. The van der Waals surface area contributed by atoms with E-state index in [4.69, 9.17) is 10.5 Å². The van der Waals surface area contributed by atoms with Crippen LogP contribution in [0.3, 0.4) is 0 Å². The molecule has 0 aliphatic rings. The van der Waals surface area contributed by atoms with Crippen molar-refractivity contribution >= 4 is 23.5 Å². The van der Waals surface area contributed by atoms with Gasteiger partial charge in [0.2, 0.25) is 0 Å².